The molecule has 10 aromatic rings. The van der Waals surface area contributed by atoms with Gasteiger partial charge in [0.05, 0.1) is 0 Å². The summed E-state index contributed by atoms with van der Waals surface area (Å²) in [7, 11) is 0. The van der Waals surface area contributed by atoms with E-state index < -0.39 is 0 Å². The number of anilines is 3. The number of para-hydroxylation sites is 2. The van der Waals surface area contributed by atoms with Crippen molar-refractivity contribution in [2.45, 2.75) is 0 Å². The minimum atomic E-state index is 0.558. The van der Waals surface area contributed by atoms with Crippen molar-refractivity contribution in [2.24, 2.45) is 0 Å². The average molecular weight is 797 g/mol. The van der Waals surface area contributed by atoms with Crippen molar-refractivity contribution in [3.8, 4) is 79.0 Å². The predicted molar refractivity (Wildman–Crippen MR) is 254 cm³/mol. The summed E-state index contributed by atoms with van der Waals surface area (Å²) >= 11 is 0. The molecule has 0 amide bonds. The highest BCUT2D eigenvalue weighted by atomic mass is 16.5. The van der Waals surface area contributed by atoms with Gasteiger partial charge < -0.3 is 9.64 Å². The van der Waals surface area contributed by atoms with Crippen LogP contribution >= 0.6 is 0 Å². The van der Waals surface area contributed by atoms with Crippen LogP contribution in [0.15, 0.2) is 243 Å². The van der Waals surface area contributed by atoms with Crippen molar-refractivity contribution in [3.05, 3.63) is 243 Å². The Balaban J connectivity index is 0.937. The van der Waals surface area contributed by atoms with Gasteiger partial charge >= 0.3 is 0 Å². The molecule has 0 spiro atoms. The van der Waals surface area contributed by atoms with Gasteiger partial charge in [0.2, 0.25) is 0 Å². The molecule has 0 unspecified atom stereocenters. The molecule has 62 heavy (non-hydrogen) atoms. The van der Waals surface area contributed by atoms with Gasteiger partial charge in [-0.25, -0.2) is 15.0 Å². The van der Waals surface area contributed by atoms with E-state index in [0.717, 1.165) is 72.9 Å². The Kier molecular flexibility index (Phi) is 10.6. The molecule has 0 aliphatic rings. The Hall–Kier alpha value is -8.41. The van der Waals surface area contributed by atoms with Crippen LogP contribution in [0.3, 0.4) is 0 Å². The first-order valence-electron chi connectivity index (χ1n) is 20.7. The lowest BCUT2D eigenvalue weighted by atomic mass is 10.0. The van der Waals surface area contributed by atoms with Crippen molar-refractivity contribution in [1.82, 2.24) is 15.0 Å². The molecule has 1 heterocycles. The number of benzene rings is 9. The van der Waals surface area contributed by atoms with E-state index in [1.807, 2.05) is 60.7 Å². The molecule has 5 nitrogen and oxygen atoms in total. The Morgan fingerprint density at radius 1 is 0.242 bits per heavy atom. The second kappa shape index (κ2) is 17.4. The second-order valence-electron chi connectivity index (χ2n) is 14.9. The molecule has 0 saturated carbocycles. The normalized spacial score (nSPS) is 10.9. The van der Waals surface area contributed by atoms with Crippen LogP contribution in [0.1, 0.15) is 0 Å². The molecule has 0 radical (unpaired) electrons. The first kappa shape index (κ1) is 37.8. The van der Waals surface area contributed by atoms with Crippen molar-refractivity contribution in [2.75, 3.05) is 4.90 Å². The number of hydrogen-bond acceptors (Lipinski definition) is 5. The minimum Gasteiger partial charge on any atom is -0.457 e. The van der Waals surface area contributed by atoms with Gasteiger partial charge in [0.25, 0.3) is 0 Å². The third kappa shape index (κ3) is 8.37. The van der Waals surface area contributed by atoms with Crippen LogP contribution in [-0.4, -0.2) is 15.0 Å². The number of rotatable bonds is 11. The van der Waals surface area contributed by atoms with Crippen LogP contribution in [0, 0.1) is 0 Å². The molecule has 0 fully saturated rings. The highest BCUT2D eigenvalue weighted by Gasteiger charge is 2.16. The number of nitrogens with zero attached hydrogens (tertiary/aromatic N) is 4. The molecule has 0 atom stereocenters. The topological polar surface area (TPSA) is 51.1 Å². The van der Waals surface area contributed by atoms with E-state index in [2.05, 4.69) is 187 Å². The number of ether oxygens (including phenoxy) is 1. The van der Waals surface area contributed by atoms with Crippen LogP contribution in [-0.2, 0) is 0 Å². The smallest absolute Gasteiger partial charge is 0.164 e. The fourth-order valence-electron chi connectivity index (χ4n) is 7.65. The van der Waals surface area contributed by atoms with Gasteiger partial charge in [0.15, 0.2) is 17.5 Å². The molecule has 0 aliphatic carbocycles. The van der Waals surface area contributed by atoms with E-state index in [0.29, 0.717) is 23.2 Å². The minimum absolute atomic E-state index is 0.558. The number of aromatic nitrogens is 3. The quantitative estimate of drug-likeness (QED) is 0.130. The second-order valence-corrected chi connectivity index (χ2v) is 14.9. The van der Waals surface area contributed by atoms with Gasteiger partial charge in [0, 0.05) is 33.8 Å². The Morgan fingerprint density at radius 2 is 0.581 bits per heavy atom. The van der Waals surface area contributed by atoms with E-state index >= 15 is 0 Å². The van der Waals surface area contributed by atoms with Gasteiger partial charge in [-0.2, -0.15) is 0 Å². The SMILES string of the molecule is c1ccc(-c2cccc(-c3nc(-c4cccc(Oc5ccc(-c6ccc(N(c7ccccc7)c7ccccc7)cc6)cc5)c4)nc(-c4cccc(-c5ccccc5)c4)n3)c2)cc1. The highest BCUT2D eigenvalue weighted by Crippen LogP contribution is 2.36. The summed E-state index contributed by atoms with van der Waals surface area (Å²) in [5.41, 5.74) is 12.6. The maximum atomic E-state index is 6.46. The molecule has 294 valence electrons. The summed E-state index contributed by atoms with van der Waals surface area (Å²) in [4.78, 5) is 17.5. The lowest BCUT2D eigenvalue weighted by Crippen LogP contribution is -2.09. The first-order valence-corrected chi connectivity index (χ1v) is 20.7. The summed E-state index contributed by atoms with van der Waals surface area (Å²) in [5.74, 6) is 3.16. The molecular weight excluding hydrogens is 757 g/mol. The molecule has 0 bridgehead atoms. The monoisotopic (exact) mass is 796 g/mol. The van der Waals surface area contributed by atoms with Crippen LogP contribution in [0.5, 0.6) is 11.5 Å². The summed E-state index contributed by atoms with van der Waals surface area (Å²) in [6.07, 6.45) is 0. The van der Waals surface area contributed by atoms with Crippen LogP contribution in [0.4, 0.5) is 17.1 Å². The van der Waals surface area contributed by atoms with Gasteiger partial charge in [-0.05, 0) is 106 Å². The molecule has 0 aliphatic heterocycles. The fourth-order valence-corrected chi connectivity index (χ4v) is 7.65. The van der Waals surface area contributed by atoms with E-state index in [4.69, 9.17) is 19.7 Å². The van der Waals surface area contributed by atoms with Crippen LogP contribution < -0.4 is 9.64 Å². The van der Waals surface area contributed by atoms with E-state index in [1.165, 1.54) is 0 Å². The zero-order chi connectivity index (χ0) is 41.5. The van der Waals surface area contributed by atoms with Crippen molar-refractivity contribution in [1.29, 1.82) is 0 Å². The molecular formula is C57H40N4O. The predicted octanol–water partition coefficient (Wildman–Crippen LogP) is 15.1. The van der Waals surface area contributed by atoms with E-state index in [-0.39, 0.29) is 0 Å². The Labute approximate surface area is 361 Å². The highest BCUT2D eigenvalue weighted by molar-refractivity contribution is 5.79. The van der Waals surface area contributed by atoms with Crippen LogP contribution in [0.2, 0.25) is 0 Å². The lowest BCUT2D eigenvalue weighted by Gasteiger charge is -2.25. The largest absolute Gasteiger partial charge is 0.457 e. The molecule has 9 aromatic carbocycles. The molecule has 10 rings (SSSR count). The van der Waals surface area contributed by atoms with Gasteiger partial charge in [-0.15, -0.1) is 0 Å². The van der Waals surface area contributed by atoms with Crippen molar-refractivity contribution in [3.63, 3.8) is 0 Å². The molecule has 0 N–H and O–H groups in total. The summed E-state index contributed by atoms with van der Waals surface area (Å²) in [6, 6.07) is 83.1. The molecule has 1 aromatic heterocycles. The third-order valence-corrected chi connectivity index (χ3v) is 10.8. The third-order valence-electron chi connectivity index (χ3n) is 10.8. The maximum Gasteiger partial charge on any atom is 0.164 e. The first-order chi connectivity index (χ1) is 30.7. The zero-order valence-corrected chi connectivity index (χ0v) is 33.8. The standard InChI is InChI=1S/C57H40N4O/c1-5-16-41(17-6-1)45-20-13-22-47(38-45)55-58-56(48-23-14-21-46(39-48)42-18-7-2-8-19-42)60-57(59-55)49-24-15-29-54(40-49)62-53-36-32-44(33-37-53)43-30-34-52(35-31-43)61(50-25-9-3-10-26-50)51-27-11-4-12-28-51/h1-40H. The van der Waals surface area contributed by atoms with Gasteiger partial charge in [-0.3, -0.25) is 0 Å². The van der Waals surface area contributed by atoms with E-state index in [9.17, 15) is 0 Å². The number of hydrogen-bond donors (Lipinski definition) is 0. The van der Waals surface area contributed by atoms with E-state index in [1.54, 1.807) is 0 Å². The van der Waals surface area contributed by atoms with Crippen LogP contribution in [0.25, 0.3) is 67.5 Å². The summed E-state index contributed by atoms with van der Waals surface area (Å²) in [6.45, 7) is 0. The summed E-state index contributed by atoms with van der Waals surface area (Å²) < 4.78 is 6.46. The Morgan fingerprint density at radius 3 is 1.05 bits per heavy atom. The Bertz CT molecular complexity index is 2930. The average Bonchev–Trinajstić information content (AvgIpc) is 3.36. The lowest BCUT2D eigenvalue weighted by molar-refractivity contribution is 0.483. The van der Waals surface area contributed by atoms with Gasteiger partial charge in [-0.1, -0.05) is 170 Å². The molecule has 0 saturated heterocycles. The fraction of sp³-hybridized carbons (Fsp3) is 0. The van der Waals surface area contributed by atoms with Crippen molar-refractivity contribution >= 4 is 17.1 Å². The zero-order valence-electron chi connectivity index (χ0n) is 33.8. The molecule has 5 heteroatoms. The van der Waals surface area contributed by atoms with Crippen molar-refractivity contribution < 1.29 is 4.74 Å². The maximum absolute atomic E-state index is 6.46. The summed E-state index contributed by atoms with van der Waals surface area (Å²) in [5, 5.41) is 0. The van der Waals surface area contributed by atoms with Gasteiger partial charge in [0.1, 0.15) is 11.5 Å².